The Bertz CT molecular complexity index is 2410. The number of hydrogen-bond acceptors (Lipinski definition) is 14. The van der Waals surface area contributed by atoms with Crippen LogP contribution in [0, 0.1) is 79.2 Å². The number of fused-ring (bicyclic) bond motifs is 2. The van der Waals surface area contributed by atoms with Crippen molar-refractivity contribution >= 4 is 60.5 Å². The fourth-order valence-electron chi connectivity index (χ4n) is 6.53. The number of terminal acetylenes is 1. The zero-order chi connectivity index (χ0) is 50.0. The van der Waals surface area contributed by atoms with Crippen molar-refractivity contribution < 1.29 is 83.0 Å². The number of benzene rings is 1. The molecule has 1 aromatic carbocycles. The summed E-state index contributed by atoms with van der Waals surface area (Å²) in [6, 6.07) is 4.53. The van der Waals surface area contributed by atoms with Gasteiger partial charge in [-0.15, -0.1) is 12.3 Å². The topological polar surface area (TPSA) is 212 Å². The number of aliphatic hydroxyl groups excluding tert-OH is 1. The summed E-state index contributed by atoms with van der Waals surface area (Å²) in [5.74, 6) is 9.12. The zero-order valence-electron chi connectivity index (χ0n) is 39.7. The third kappa shape index (κ3) is 17.4. The van der Waals surface area contributed by atoms with E-state index < -0.39 is 22.8 Å². The number of H-pyrrole nitrogens is 2. The van der Waals surface area contributed by atoms with Gasteiger partial charge in [-0.05, 0) is 59.6 Å². The average molecular weight is 1100 g/mol. The maximum atomic E-state index is 13.8. The van der Waals surface area contributed by atoms with E-state index in [1.807, 2.05) is 49.2 Å². The molecule has 15 nitrogen and oxygen atoms in total. The molecule has 1 aromatic heterocycles. The monoisotopic (exact) mass is 1100 g/mol. The fraction of sp³-hybridized carbons (Fsp3) is 0.479. The second-order valence-electron chi connectivity index (χ2n) is 16.8. The number of ether oxygens (including phenoxy) is 3. The van der Waals surface area contributed by atoms with E-state index in [2.05, 4.69) is 49.2 Å². The number of aliphatic hydroxyl groups is 2. The van der Waals surface area contributed by atoms with Gasteiger partial charge in [-0.2, -0.15) is 0 Å². The Morgan fingerprint density at radius 1 is 1.06 bits per heavy atom. The number of nitrogens with zero attached hydrogens (tertiary/aromatic N) is 1. The minimum absolute atomic E-state index is 0.0359. The summed E-state index contributed by atoms with van der Waals surface area (Å²) in [7, 11) is 6.48. The predicted octanol–water partition coefficient (Wildman–Crippen LogP) is 7.54. The first kappa shape index (κ1) is 57.6. The van der Waals surface area contributed by atoms with Gasteiger partial charge in [0.25, 0.3) is 5.56 Å². The van der Waals surface area contributed by atoms with E-state index in [-0.39, 0.29) is 80.5 Å². The van der Waals surface area contributed by atoms with Crippen LogP contribution in [-0.2, 0) is 9.53 Å². The summed E-state index contributed by atoms with van der Waals surface area (Å²) in [6.07, 6.45) is 15.5. The van der Waals surface area contributed by atoms with Crippen molar-refractivity contribution in [3.8, 4) is 35.7 Å². The Labute approximate surface area is 430 Å². The van der Waals surface area contributed by atoms with Gasteiger partial charge in [0.15, 0.2) is 5.78 Å². The molecule has 0 saturated heterocycles. The molecule has 6 N–H and O–H groups in total. The van der Waals surface area contributed by atoms with Crippen molar-refractivity contribution in [1.82, 2.24) is 20.2 Å². The van der Waals surface area contributed by atoms with E-state index in [0.29, 0.717) is 72.1 Å². The number of ketones is 1. The number of Topliss-reactive ketones (excluding diaryl/α,β-unsaturated/α-hetero) is 1. The third-order valence-electron chi connectivity index (χ3n) is 11.0. The molecule has 0 spiro atoms. The van der Waals surface area contributed by atoms with Gasteiger partial charge in [0, 0.05) is 18.2 Å². The number of rotatable bonds is 16. The fourth-order valence-corrected chi connectivity index (χ4v) is 10.5. The number of aromatic nitrogens is 2. The SMILES string of the molecule is C#C/C=C\C#CC.COC(=O)NC1=C(C)/C(=C\CSSSC)CCC1=O.C[Xe]C(C)(O)C(C)(C)COc1cc2c(cc1OCC(C)(C)CCO)NCC1CC(c3cc(=O)[nH]c(=O)[nH]3)=CN1C2=O. The zero-order valence-corrected chi connectivity index (χ0v) is 44.2. The quantitative estimate of drug-likeness (QED) is 0.0545. The molecule has 0 fully saturated rings. The molecule has 2 atom stereocenters. The molecule has 2 amide bonds. The van der Waals surface area contributed by atoms with Crippen LogP contribution in [-0.4, -0.2) is 94.5 Å². The number of carbonyl (C=O) groups excluding carboxylic acids is 3. The molecule has 0 saturated carbocycles. The van der Waals surface area contributed by atoms with Crippen LogP contribution < -0.4 is 31.4 Å². The van der Waals surface area contributed by atoms with Crippen molar-refractivity contribution in [2.45, 2.75) is 81.7 Å². The summed E-state index contributed by atoms with van der Waals surface area (Å²) >= 11 is -0.312. The molecule has 2 unspecified atom stereocenters. The number of methoxy groups -OCH3 is 1. The molecule has 1 aliphatic carbocycles. The van der Waals surface area contributed by atoms with E-state index in [1.54, 1.807) is 73.7 Å². The van der Waals surface area contributed by atoms with Gasteiger partial charge in [0.05, 0.1) is 12.8 Å². The predicted molar refractivity (Wildman–Crippen MR) is 267 cm³/mol. The second kappa shape index (κ2) is 27.5. The van der Waals surface area contributed by atoms with E-state index in [0.717, 1.165) is 23.3 Å². The Hall–Kier alpha value is -3.67. The Kier molecular flexibility index (Phi) is 23.7. The summed E-state index contributed by atoms with van der Waals surface area (Å²) in [4.78, 5) is 67.0. The molecule has 2 aliphatic heterocycles. The number of carbonyl (C=O) groups is 3. The number of hydrogen-bond donors (Lipinski definition) is 6. The molecule has 0 radical (unpaired) electrons. The van der Waals surface area contributed by atoms with Crippen molar-refractivity contribution in [2.24, 2.45) is 10.8 Å². The van der Waals surface area contributed by atoms with Gasteiger partial charge in [-0.3, -0.25) is 19.9 Å². The molecule has 5 rings (SSSR count). The van der Waals surface area contributed by atoms with E-state index >= 15 is 0 Å². The summed E-state index contributed by atoms with van der Waals surface area (Å²) < 4.78 is 18.2. The molecule has 0 bridgehead atoms. The van der Waals surface area contributed by atoms with Gasteiger partial charge >= 0.3 is 241 Å². The van der Waals surface area contributed by atoms with Crippen LogP contribution in [0.3, 0.4) is 0 Å². The van der Waals surface area contributed by atoms with Crippen molar-refractivity contribution in [3.63, 3.8) is 0 Å². The number of alkyl carbamates (subject to hydrolysis) is 1. The Morgan fingerprint density at radius 3 is 2.39 bits per heavy atom. The molecular formula is C48H63N5O10S3Xe. The standard InChI is InChI=1S/C29H40N4O7Xe.C12H17NO3S3.C7H6/c1-27(2,7-8-34)15-39-23-11-21-19(10-22(23)40-16-28(3,4)29(5,38)41-6)25(36)33-14-17(9-18(33)13-30-21)20-12-24(35)32-26(37)31-20;1-8-9(6-7-18-19-17-3)4-5-10(14)11(8)13-12(15)16-2;1-3-5-7-6-4-2/h10-12,14,18,30,34,38H,7-9,13,15-16H2,1-6H3,(H2,31,32,35,37);6H,4-5,7H2,1-3H3,(H,13,15);1,5,7H,2H3/b;9-6-;7-5-. The van der Waals surface area contributed by atoms with Gasteiger partial charge in [0.2, 0.25) is 0 Å². The van der Waals surface area contributed by atoms with Gasteiger partial charge < -0.3 is 9.72 Å². The van der Waals surface area contributed by atoms with Crippen LogP contribution in [0.5, 0.6) is 11.5 Å². The number of anilines is 1. The first-order valence-corrected chi connectivity index (χ1v) is 28.3. The summed E-state index contributed by atoms with van der Waals surface area (Å²) in [6.45, 7) is 14.4. The third-order valence-corrected chi connectivity index (χ3v) is 18.0. The van der Waals surface area contributed by atoms with Crippen LogP contribution in [0.15, 0.2) is 69.1 Å². The van der Waals surface area contributed by atoms with Crippen LogP contribution in [0.4, 0.5) is 10.5 Å². The minimum atomic E-state index is -0.892. The van der Waals surface area contributed by atoms with Crippen molar-refractivity contribution in [2.75, 3.05) is 50.8 Å². The Balaban J connectivity index is 0.000000377. The summed E-state index contributed by atoms with van der Waals surface area (Å²) in [5.41, 5.74) is 2.44. The average Bonchev–Trinajstić information content (AvgIpc) is 3.67. The number of aromatic amines is 2. The van der Waals surface area contributed by atoms with Crippen LogP contribution in [0.1, 0.15) is 90.2 Å². The summed E-state index contributed by atoms with van der Waals surface area (Å²) in [5, 5.41) is 26.3. The molecule has 3 aliphatic rings. The normalized spacial score (nSPS) is 17.2. The van der Waals surface area contributed by atoms with Crippen LogP contribution in [0.25, 0.3) is 5.57 Å². The van der Waals surface area contributed by atoms with E-state index in [9.17, 15) is 34.2 Å². The number of allylic oxidation sites excluding steroid dienone is 5. The number of nitrogens with one attached hydrogen (secondary N) is 4. The maximum absolute atomic E-state index is 13.8. The van der Waals surface area contributed by atoms with Crippen LogP contribution in [0.2, 0.25) is 1.39 Å². The Morgan fingerprint density at radius 2 is 1.76 bits per heavy atom. The van der Waals surface area contributed by atoms with Crippen molar-refractivity contribution in [1.29, 1.82) is 0 Å². The molecule has 19 heteroatoms. The molecule has 67 heavy (non-hydrogen) atoms. The van der Waals surface area contributed by atoms with Gasteiger partial charge in [-0.1, -0.05) is 39.5 Å². The van der Waals surface area contributed by atoms with Crippen molar-refractivity contribution in [3.05, 3.63) is 91.6 Å². The first-order valence-electron chi connectivity index (χ1n) is 21.2. The van der Waals surface area contributed by atoms with E-state index in [4.69, 9.17) is 15.9 Å². The first-order chi connectivity index (χ1) is 31.7. The molecular weight excluding hydrogens is 1030 g/mol. The van der Waals surface area contributed by atoms with Gasteiger partial charge in [-0.25, -0.2) is 9.59 Å². The van der Waals surface area contributed by atoms with Crippen LogP contribution >= 0.6 is 31.4 Å². The molecule has 366 valence electrons. The second-order valence-corrected chi connectivity index (χ2v) is 24.2. The van der Waals surface area contributed by atoms with Gasteiger partial charge in [0.1, 0.15) is 0 Å². The molecule has 2 aromatic rings. The number of amides is 2. The van der Waals surface area contributed by atoms with E-state index in [1.165, 1.54) is 13.2 Å². The molecule has 3 heterocycles.